The molecule has 3 amide bonds. The van der Waals surface area contributed by atoms with Crippen LogP contribution in [0.25, 0.3) is 0 Å². The summed E-state index contributed by atoms with van der Waals surface area (Å²) in [7, 11) is -3.45. The highest BCUT2D eigenvalue weighted by Crippen LogP contribution is 2.24. The van der Waals surface area contributed by atoms with Gasteiger partial charge in [0.25, 0.3) is 11.8 Å². The second kappa shape index (κ2) is 8.11. The van der Waals surface area contributed by atoms with E-state index in [-0.39, 0.29) is 27.6 Å². The summed E-state index contributed by atoms with van der Waals surface area (Å²) >= 11 is 1.09. The van der Waals surface area contributed by atoms with Crippen molar-refractivity contribution in [2.24, 2.45) is 0 Å². The molecule has 1 aromatic carbocycles. The van der Waals surface area contributed by atoms with E-state index in [4.69, 9.17) is 0 Å². The van der Waals surface area contributed by atoms with Crippen molar-refractivity contribution in [2.75, 3.05) is 18.2 Å². The zero-order valence-electron chi connectivity index (χ0n) is 13.9. The predicted molar refractivity (Wildman–Crippen MR) is 96.3 cm³/mol. The van der Waals surface area contributed by atoms with Gasteiger partial charge in [0, 0.05) is 11.8 Å². The SMILES string of the molecule is CCOC(=O)NC(=O)c1ccsc1NC(=O)c1cccc(S(C)(=O)=O)c1. The number of nitrogens with one attached hydrogen (secondary N) is 2. The van der Waals surface area contributed by atoms with Crippen molar-refractivity contribution in [1.29, 1.82) is 0 Å². The van der Waals surface area contributed by atoms with E-state index >= 15 is 0 Å². The highest BCUT2D eigenvalue weighted by atomic mass is 32.2. The van der Waals surface area contributed by atoms with Crippen molar-refractivity contribution in [3.8, 4) is 0 Å². The topological polar surface area (TPSA) is 119 Å². The number of anilines is 1. The highest BCUT2D eigenvalue weighted by Gasteiger charge is 2.19. The molecule has 0 unspecified atom stereocenters. The first kappa shape index (κ1) is 19.6. The molecule has 2 N–H and O–H groups in total. The van der Waals surface area contributed by atoms with Gasteiger partial charge in [-0.2, -0.15) is 0 Å². The van der Waals surface area contributed by atoms with Crippen LogP contribution in [0.2, 0.25) is 0 Å². The summed E-state index contributed by atoms with van der Waals surface area (Å²) in [6.45, 7) is 1.72. The lowest BCUT2D eigenvalue weighted by atomic mass is 10.2. The molecule has 0 fully saturated rings. The molecule has 138 valence electrons. The molecule has 0 saturated heterocycles. The number of ether oxygens (including phenoxy) is 1. The van der Waals surface area contributed by atoms with E-state index in [2.05, 4.69) is 10.1 Å². The smallest absolute Gasteiger partial charge is 0.414 e. The number of benzene rings is 1. The first-order valence-corrected chi connectivity index (χ1v) is 10.2. The zero-order chi connectivity index (χ0) is 19.3. The fourth-order valence-electron chi connectivity index (χ4n) is 1.96. The van der Waals surface area contributed by atoms with E-state index in [0.717, 1.165) is 17.6 Å². The monoisotopic (exact) mass is 396 g/mol. The van der Waals surface area contributed by atoms with Gasteiger partial charge in [0.1, 0.15) is 5.00 Å². The second-order valence-electron chi connectivity index (χ2n) is 5.09. The number of imide groups is 1. The minimum Gasteiger partial charge on any atom is -0.450 e. The standard InChI is InChI=1S/C16H16N2O6S2/c1-3-24-16(21)18-14(20)12-7-8-25-15(12)17-13(19)10-5-4-6-11(9-10)26(2,22)23/h4-9H,3H2,1-2H3,(H,17,19)(H,18,20,21). The van der Waals surface area contributed by atoms with E-state index in [1.54, 1.807) is 12.3 Å². The molecular formula is C16H16N2O6S2. The van der Waals surface area contributed by atoms with Crippen LogP contribution in [0.15, 0.2) is 40.6 Å². The Morgan fingerprint density at radius 3 is 2.54 bits per heavy atom. The van der Waals surface area contributed by atoms with Crippen LogP contribution in [-0.2, 0) is 14.6 Å². The Balaban J connectivity index is 2.18. The number of carbonyl (C=O) groups is 3. The molecule has 8 nitrogen and oxygen atoms in total. The van der Waals surface area contributed by atoms with E-state index < -0.39 is 27.7 Å². The van der Waals surface area contributed by atoms with Gasteiger partial charge in [-0.15, -0.1) is 11.3 Å². The molecule has 1 aromatic heterocycles. The van der Waals surface area contributed by atoms with Crippen molar-refractivity contribution in [1.82, 2.24) is 5.32 Å². The van der Waals surface area contributed by atoms with Crippen molar-refractivity contribution >= 4 is 44.1 Å². The molecule has 1 heterocycles. The number of sulfone groups is 1. The first-order valence-electron chi connectivity index (χ1n) is 7.39. The minimum absolute atomic E-state index is 0.0107. The molecule has 0 aliphatic rings. The Morgan fingerprint density at radius 1 is 1.15 bits per heavy atom. The van der Waals surface area contributed by atoms with Gasteiger partial charge in [-0.25, -0.2) is 13.2 Å². The maximum atomic E-state index is 12.4. The molecule has 0 atom stereocenters. The third-order valence-electron chi connectivity index (χ3n) is 3.15. The highest BCUT2D eigenvalue weighted by molar-refractivity contribution is 7.90. The average Bonchev–Trinajstić information content (AvgIpc) is 3.02. The third kappa shape index (κ3) is 4.90. The lowest BCUT2D eigenvalue weighted by Gasteiger charge is -2.08. The fraction of sp³-hybridized carbons (Fsp3) is 0.188. The molecule has 10 heteroatoms. The van der Waals surface area contributed by atoms with Gasteiger partial charge >= 0.3 is 6.09 Å². The summed E-state index contributed by atoms with van der Waals surface area (Å²) in [5, 5.41) is 6.38. The van der Waals surface area contributed by atoms with Crippen LogP contribution < -0.4 is 10.6 Å². The Kier molecular flexibility index (Phi) is 6.11. The number of thiophene rings is 1. The number of hydrogen-bond donors (Lipinski definition) is 2. The van der Waals surface area contributed by atoms with Crippen LogP contribution in [0, 0.1) is 0 Å². The van der Waals surface area contributed by atoms with Crippen LogP contribution >= 0.6 is 11.3 Å². The van der Waals surface area contributed by atoms with Gasteiger partial charge in [0.2, 0.25) is 0 Å². The molecule has 0 radical (unpaired) electrons. The summed E-state index contributed by atoms with van der Waals surface area (Å²) in [5.74, 6) is -1.30. The maximum absolute atomic E-state index is 12.4. The van der Waals surface area contributed by atoms with Crippen molar-refractivity contribution in [3.63, 3.8) is 0 Å². The van der Waals surface area contributed by atoms with Gasteiger partial charge in [-0.05, 0) is 36.6 Å². The molecule has 0 bridgehead atoms. The number of amides is 3. The molecule has 2 aromatic rings. The number of alkyl carbamates (subject to hydrolysis) is 1. The van der Waals surface area contributed by atoms with Crippen LogP contribution in [-0.4, -0.2) is 39.2 Å². The Bertz CT molecular complexity index is 949. The van der Waals surface area contributed by atoms with Gasteiger partial charge in [0.05, 0.1) is 17.1 Å². The summed E-state index contributed by atoms with van der Waals surface area (Å²) in [6.07, 6.45) is 0.156. The Labute approximate surface area is 154 Å². The molecule has 0 saturated carbocycles. The quantitative estimate of drug-likeness (QED) is 0.800. The van der Waals surface area contributed by atoms with Crippen LogP contribution in [0.4, 0.5) is 9.80 Å². The molecule has 2 rings (SSSR count). The predicted octanol–water partition coefficient (Wildman–Crippen LogP) is 2.29. The summed E-state index contributed by atoms with van der Waals surface area (Å²) in [5.41, 5.74) is 0.216. The number of carbonyl (C=O) groups excluding carboxylic acids is 3. The van der Waals surface area contributed by atoms with E-state index in [1.165, 1.54) is 30.3 Å². The van der Waals surface area contributed by atoms with E-state index in [0.29, 0.717) is 0 Å². The van der Waals surface area contributed by atoms with Crippen molar-refractivity contribution in [3.05, 3.63) is 46.8 Å². The Hall–Kier alpha value is -2.72. The maximum Gasteiger partial charge on any atom is 0.414 e. The molecule has 0 aliphatic carbocycles. The first-order chi connectivity index (χ1) is 12.2. The second-order valence-corrected chi connectivity index (χ2v) is 8.02. The van der Waals surface area contributed by atoms with Crippen LogP contribution in [0.3, 0.4) is 0 Å². The third-order valence-corrected chi connectivity index (χ3v) is 5.09. The average molecular weight is 396 g/mol. The van der Waals surface area contributed by atoms with Crippen molar-refractivity contribution in [2.45, 2.75) is 11.8 Å². The van der Waals surface area contributed by atoms with E-state index in [9.17, 15) is 22.8 Å². The van der Waals surface area contributed by atoms with Crippen LogP contribution in [0.5, 0.6) is 0 Å². The van der Waals surface area contributed by atoms with E-state index in [1.807, 2.05) is 5.32 Å². The van der Waals surface area contributed by atoms with Gasteiger partial charge in [-0.1, -0.05) is 6.07 Å². The fourth-order valence-corrected chi connectivity index (χ4v) is 3.40. The summed E-state index contributed by atoms with van der Waals surface area (Å²) < 4.78 is 27.8. The number of rotatable bonds is 5. The van der Waals surface area contributed by atoms with Gasteiger partial charge in [-0.3, -0.25) is 14.9 Å². The van der Waals surface area contributed by atoms with Gasteiger partial charge in [0.15, 0.2) is 9.84 Å². The largest absolute Gasteiger partial charge is 0.450 e. The Morgan fingerprint density at radius 2 is 1.88 bits per heavy atom. The summed E-state index contributed by atoms with van der Waals surface area (Å²) in [6, 6.07) is 6.98. The van der Waals surface area contributed by atoms with Gasteiger partial charge < -0.3 is 10.1 Å². The molecule has 26 heavy (non-hydrogen) atoms. The molecule has 0 spiro atoms. The zero-order valence-corrected chi connectivity index (χ0v) is 15.6. The lowest BCUT2D eigenvalue weighted by molar-refractivity contribution is 0.0926. The molecular weight excluding hydrogens is 380 g/mol. The van der Waals surface area contributed by atoms with Crippen LogP contribution in [0.1, 0.15) is 27.6 Å². The molecule has 0 aliphatic heterocycles. The lowest BCUT2D eigenvalue weighted by Crippen LogP contribution is -2.31. The normalized spacial score (nSPS) is 10.8. The summed E-state index contributed by atoms with van der Waals surface area (Å²) in [4.78, 5) is 35.8. The number of hydrogen-bond acceptors (Lipinski definition) is 7. The van der Waals surface area contributed by atoms with Crippen molar-refractivity contribution < 1.29 is 27.5 Å². The minimum atomic E-state index is -3.45.